The van der Waals surface area contributed by atoms with Gasteiger partial charge in [-0.15, -0.1) is 0 Å². The lowest BCUT2D eigenvalue weighted by atomic mass is 10.0. The fourth-order valence-electron chi connectivity index (χ4n) is 2.43. The first-order chi connectivity index (χ1) is 11.5. The Morgan fingerprint density at radius 1 is 1.29 bits per heavy atom. The number of aromatic nitrogens is 1. The second-order valence-corrected chi connectivity index (χ2v) is 7.01. The van der Waals surface area contributed by atoms with Crippen LogP contribution >= 0.6 is 11.3 Å². The molecule has 1 aromatic heterocycles. The first-order valence-corrected chi connectivity index (χ1v) is 9.05. The van der Waals surface area contributed by atoms with Crippen LogP contribution in [0, 0.1) is 0 Å². The van der Waals surface area contributed by atoms with Crippen LogP contribution in [0.3, 0.4) is 0 Å². The molecule has 0 bridgehead atoms. The van der Waals surface area contributed by atoms with Crippen LogP contribution in [0.25, 0.3) is 10.2 Å². The molecule has 0 fully saturated rings. The fraction of sp³-hybridized carbons (Fsp3) is 0.500. The number of carbonyl (C=O) groups is 2. The van der Waals surface area contributed by atoms with Gasteiger partial charge in [-0.3, -0.25) is 9.59 Å². The smallest absolute Gasteiger partial charge is 0.307 e. The van der Waals surface area contributed by atoms with E-state index in [9.17, 15) is 9.59 Å². The van der Waals surface area contributed by atoms with Gasteiger partial charge in [-0.2, -0.15) is 4.99 Å². The second-order valence-electron chi connectivity index (χ2n) is 6.00. The van der Waals surface area contributed by atoms with Crippen molar-refractivity contribution in [2.24, 2.45) is 4.99 Å². The van der Waals surface area contributed by atoms with Gasteiger partial charge in [-0.25, -0.2) is 0 Å². The molecule has 0 saturated heterocycles. The predicted octanol–water partition coefficient (Wildman–Crippen LogP) is 3.62. The molecule has 0 spiro atoms. The Labute approximate surface area is 146 Å². The molecule has 5 nitrogen and oxygen atoms in total. The highest BCUT2D eigenvalue weighted by atomic mass is 32.1. The molecule has 0 aliphatic heterocycles. The van der Waals surface area contributed by atoms with Crippen LogP contribution in [0.15, 0.2) is 23.2 Å². The number of rotatable bonds is 6. The number of ether oxygens (including phenoxy) is 1. The lowest BCUT2D eigenvalue weighted by Crippen LogP contribution is -2.19. The molecule has 0 aliphatic rings. The predicted molar refractivity (Wildman–Crippen MR) is 96.0 cm³/mol. The third kappa shape index (κ3) is 4.32. The molecule has 2 aromatic rings. The zero-order valence-corrected chi connectivity index (χ0v) is 15.5. The average molecular weight is 348 g/mol. The van der Waals surface area contributed by atoms with Gasteiger partial charge in [0.25, 0.3) is 0 Å². The van der Waals surface area contributed by atoms with Crippen LogP contribution in [0.1, 0.15) is 51.5 Å². The van der Waals surface area contributed by atoms with Gasteiger partial charge < -0.3 is 9.30 Å². The number of hydrogen-bond donors (Lipinski definition) is 0. The summed E-state index contributed by atoms with van der Waals surface area (Å²) in [5, 5.41) is 0. The number of esters is 1. The third-order valence-electron chi connectivity index (χ3n) is 3.82. The fourth-order valence-corrected chi connectivity index (χ4v) is 3.55. The van der Waals surface area contributed by atoms with E-state index < -0.39 is 0 Å². The molecule has 0 unspecified atom stereocenters. The molecule has 6 heteroatoms. The number of thiazole rings is 1. The Balaban J connectivity index is 2.51. The SMILES string of the molecule is CCCC(=O)N=c1sc2cc(C(C)C)ccc2n1CCC(=O)OC. The summed E-state index contributed by atoms with van der Waals surface area (Å²) < 4.78 is 7.74. The van der Waals surface area contributed by atoms with Crippen LogP contribution in [0.4, 0.5) is 0 Å². The van der Waals surface area contributed by atoms with E-state index in [2.05, 4.69) is 31.0 Å². The minimum atomic E-state index is -0.272. The van der Waals surface area contributed by atoms with Gasteiger partial charge in [0, 0.05) is 13.0 Å². The van der Waals surface area contributed by atoms with E-state index in [4.69, 9.17) is 4.74 Å². The van der Waals surface area contributed by atoms with E-state index in [-0.39, 0.29) is 18.3 Å². The number of amides is 1. The van der Waals surface area contributed by atoms with Crippen molar-refractivity contribution < 1.29 is 14.3 Å². The van der Waals surface area contributed by atoms with Gasteiger partial charge in [-0.1, -0.05) is 38.2 Å². The lowest BCUT2D eigenvalue weighted by Gasteiger charge is -2.07. The second kappa shape index (κ2) is 8.24. The molecule has 0 atom stereocenters. The van der Waals surface area contributed by atoms with Crippen LogP contribution in [-0.2, 0) is 20.9 Å². The summed E-state index contributed by atoms with van der Waals surface area (Å²) >= 11 is 1.49. The summed E-state index contributed by atoms with van der Waals surface area (Å²) in [5.41, 5.74) is 2.24. The average Bonchev–Trinajstić information content (AvgIpc) is 2.88. The highest BCUT2D eigenvalue weighted by molar-refractivity contribution is 7.16. The summed E-state index contributed by atoms with van der Waals surface area (Å²) in [7, 11) is 1.38. The lowest BCUT2D eigenvalue weighted by molar-refractivity contribution is -0.140. The summed E-state index contributed by atoms with van der Waals surface area (Å²) in [4.78, 5) is 28.3. The Kier molecular flexibility index (Phi) is 6.31. The van der Waals surface area contributed by atoms with Crippen LogP contribution in [0.2, 0.25) is 0 Å². The number of nitrogens with zero attached hydrogens (tertiary/aromatic N) is 2. The molecular weight excluding hydrogens is 324 g/mol. The monoisotopic (exact) mass is 348 g/mol. The number of hydrogen-bond acceptors (Lipinski definition) is 4. The maximum absolute atomic E-state index is 11.9. The van der Waals surface area contributed by atoms with Crippen molar-refractivity contribution in [2.45, 2.75) is 52.5 Å². The van der Waals surface area contributed by atoms with Gasteiger partial charge >= 0.3 is 5.97 Å². The van der Waals surface area contributed by atoms with Crippen LogP contribution in [0.5, 0.6) is 0 Å². The van der Waals surface area contributed by atoms with E-state index in [0.717, 1.165) is 16.6 Å². The molecule has 2 rings (SSSR count). The molecular formula is C18H24N2O3S. The Bertz CT molecular complexity index is 802. The number of carbonyl (C=O) groups excluding carboxylic acids is 2. The molecule has 0 N–H and O–H groups in total. The van der Waals surface area contributed by atoms with E-state index in [1.54, 1.807) is 0 Å². The first-order valence-electron chi connectivity index (χ1n) is 8.24. The largest absolute Gasteiger partial charge is 0.469 e. The maximum Gasteiger partial charge on any atom is 0.307 e. The van der Waals surface area contributed by atoms with E-state index in [0.29, 0.717) is 23.7 Å². The van der Waals surface area contributed by atoms with Gasteiger partial charge in [-0.05, 0) is 30.0 Å². The minimum absolute atomic E-state index is 0.125. The number of benzene rings is 1. The summed E-state index contributed by atoms with van der Waals surface area (Å²) in [6.07, 6.45) is 1.46. The summed E-state index contributed by atoms with van der Waals surface area (Å²) in [6.45, 7) is 6.71. The molecule has 1 amide bonds. The van der Waals surface area contributed by atoms with Gasteiger partial charge in [0.15, 0.2) is 4.80 Å². The summed E-state index contributed by atoms with van der Waals surface area (Å²) in [5.74, 6) is 0.0357. The van der Waals surface area contributed by atoms with Crippen LogP contribution in [-0.4, -0.2) is 23.6 Å². The molecule has 1 heterocycles. The van der Waals surface area contributed by atoms with Crippen molar-refractivity contribution in [1.29, 1.82) is 0 Å². The molecule has 0 radical (unpaired) electrons. The molecule has 0 aliphatic carbocycles. The van der Waals surface area contributed by atoms with Crippen molar-refractivity contribution in [3.8, 4) is 0 Å². The first kappa shape index (κ1) is 18.4. The standard InChI is InChI=1S/C18H24N2O3S/c1-5-6-16(21)19-18-20(10-9-17(22)23-4)14-8-7-13(12(2)3)11-15(14)24-18/h7-8,11-12H,5-6,9-10H2,1-4H3. The van der Waals surface area contributed by atoms with Gasteiger partial charge in [0.05, 0.1) is 23.7 Å². The molecule has 0 saturated carbocycles. The maximum atomic E-state index is 11.9. The van der Waals surface area contributed by atoms with E-state index in [1.807, 2.05) is 17.6 Å². The Morgan fingerprint density at radius 2 is 2.04 bits per heavy atom. The quantitative estimate of drug-likeness (QED) is 0.749. The third-order valence-corrected chi connectivity index (χ3v) is 4.87. The summed E-state index contributed by atoms with van der Waals surface area (Å²) in [6, 6.07) is 6.27. The van der Waals surface area contributed by atoms with Crippen molar-refractivity contribution in [1.82, 2.24) is 4.57 Å². The number of aryl methyl sites for hydroxylation is 1. The number of methoxy groups -OCH3 is 1. The minimum Gasteiger partial charge on any atom is -0.469 e. The van der Waals surface area contributed by atoms with E-state index in [1.165, 1.54) is 24.0 Å². The van der Waals surface area contributed by atoms with Crippen molar-refractivity contribution in [2.75, 3.05) is 7.11 Å². The Morgan fingerprint density at radius 3 is 2.67 bits per heavy atom. The highest BCUT2D eigenvalue weighted by Crippen LogP contribution is 2.23. The van der Waals surface area contributed by atoms with Crippen molar-refractivity contribution in [3.05, 3.63) is 28.6 Å². The van der Waals surface area contributed by atoms with Gasteiger partial charge in [0.2, 0.25) is 5.91 Å². The van der Waals surface area contributed by atoms with Gasteiger partial charge in [0.1, 0.15) is 0 Å². The zero-order valence-electron chi connectivity index (χ0n) is 14.7. The molecule has 130 valence electrons. The zero-order chi connectivity index (χ0) is 17.7. The Hall–Kier alpha value is -1.95. The highest BCUT2D eigenvalue weighted by Gasteiger charge is 2.11. The normalized spacial score (nSPS) is 12.1. The van der Waals surface area contributed by atoms with Crippen molar-refractivity contribution in [3.63, 3.8) is 0 Å². The topological polar surface area (TPSA) is 60.7 Å². The van der Waals surface area contributed by atoms with Crippen molar-refractivity contribution >= 4 is 33.4 Å². The van der Waals surface area contributed by atoms with E-state index >= 15 is 0 Å². The van der Waals surface area contributed by atoms with Crippen LogP contribution < -0.4 is 4.80 Å². The molecule has 1 aromatic carbocycles. The number of fused-ring (bicyclic) bond motifs is 1. The molecule has 24 heavy (non-hydrogen) atoms.